The van der Waals surface area contributed by atoms with Crippen molar-refractivity contribution in [2.24, 2.45) is 0 Å². The highest BCUT2D eigenvalue weighted by Gasteiger charge is 2.30. The van der Waals surface area contributed by atoms with Crippen LogP contribution in [0.15, 0.2) is 24.3 Å². The molecule has 108 valence electrons. The second kappa shape index (κ2) is 7.06. The normalized spacial score (nSPS) is 13.8. The fraction of sp³-hybridized carbons (Fsp3) is 0.647. The van der Waals surface area contributed by atoms with Crippen LogP contribution in [-0.2, 0) is 12.8 Å². The van der Waals surface area contributed by atoms with E-state index in [1.807, 2.05) is 0 Å². The summed E-state index contributed by atoms with van der Waals surface area (Å²) >= 11 is 0. The van der Waals surface area contributed by atoms with Crippen LogP contribution in [0.4, 0.5) is 0 Å². The first kappa shape index (κ1) is 16.2. The molecule has 1 aromatic rings. The van der Waals surface area contributed by atoms with Gasteiger partial charge in [0.05, 0.1) is 0 Å². The van der Waals surface area contributed by atoms with Gasteiger partial charge in [-0.2, -0.15) is 0 Å². The third kappa shape index (κ3) is 4.32. The molecule has 0 aliphatic rings. The van der Waals surface area contributed by atoms with Crippen LogP contribution in [-0.4, -0.2) is 37.1 Å². The summed E-state index contributed by atoms with van der Waals surface area (Å²) in [7, 11) is 4.31. The fourth-order valence-electron chi connectivity index (χ4n) is 2.28. The molecule has 0 spiro atoms. The van der Waals surface area contributed by atoms with Crippen molar-refractivity contribution in [1.29, 1.82) is 0 Å². The highest BCUT2D eigenvalue weighted by molar-refractivity contribution is 5.23. The minimum absolute atomic E-state index is 0.138. The summed E-state index contributed by atoms with van der Waals surface area (Å²) in [6.07, 6.45) is 2.18. The van der Waals surface area contributed by atoms with Crippen molar-refractivity contribution in [2.45, 2.75) is 52.1 Å². The predicted octanol–water partition coefficient (Wildman–Crippen LogP) is 3.11. The van der Waals surface area contributed by atoms with Crippen molar-refractivity contribution in [2.75, 3.05) is 20.6 Å². The lowest BCUT2D eigenvalue weighted by atomic mass is 9.88. The van der Waals surface area contributed by atoms with E-state index in [0.717, 1.165) is 19.4 Å². The zero-order valence-electron chi connectivity index (χ0n) is 13.5. The molecule has 0 aromatic heterocycles. The summed E-state index contributed by atoms with van der Waals surface area (Å²) in [6, 6.07) is 9.51. The monoisotopic (exact) mass is 262 g/mol. The molecule has 1 aromatic carbocycles. The number of hydrogen-bond acceptors (Lipinski definition) is 2. The van der Waals surface area contributed by atoms with Gasteiger partial charge in [0.15, 0.2) is 0 Å². The number of rotatable bonds is 7. The quantitative estimate of drug-likeness (QED) is 0.812. The van der Waals surface area contributed by atoms with Crippen LogP contribution in [0.3, 0.4) is 0 Å². The minimum Gasteiger partial charge on any atom is -0.312 e. The Kier molecular flexibility index (Phi) is 6.02. The third-order valence-electron chi connectivity index (χ3n) is 4.33. The summed E-state index contributed by atoms with van der Waals surface area (Å²) < 4.78 is 0. The Balaban J connectivity index is 2.82. The van der Waals surface area contributed by atoms with Crippen LogP contribution in [0.1, 0.15) is 38.8 Å². The molecule has 0 amide bonds. The maximum absolute atomic E-state index is 3.64. The molecule has 0 fully saturated rings. The van der Waals surface area contributed by atoms with Gasteiger partial charge in [-0.05, 0) is 58.5 Å². The van der Waals surface area contributed by atoms with Crippen LogP contribution in [0.25, 0.3) is 0 Å². The van der Waals surface area contributed by atoms with Gasteiger partial charge in [-0.15, -0.1) is 0 Å². The second-order valence-corrected chi connectivity index (χ2v) is 6.03. The summed E-state index contributed by atoms with van der Waals surface area (Å²) in [4.78, 5) is 2.31. The lowest BCUT2D eigenvalue weighted by molar-refractivity contribution is 0.138. The Labute approximate surface area is 119 Å². The smallest absolute Gasteiger partial charge is 0.0303 e. The zero-order valence-corrected chi connectivity index (χ0v) is 13.5. The standard InChI is InChI=1S/C17H30N2/c1-7-14-9-11-15(12-10-14)13-16(18-8-2)17(3,4)19(5)6/h9-12,16,18H,7-8,13H2,1-6H3. The molecule has 1 N–H and O–H groups in total. The van der Waals surface area contributed by atoms with E-state index < -0.39 is 0 Å². The van der Waals surface area contributed by atoms with Gasteiger partial charge < -0.3 is 10.2 Å². The minimum atomic E-state index is 0.138. The lowest BCUT2D eigenvalue weighted by Crippen LogP contribution is -2.56. The topological polar surface area (TPSA) is 15.3 Å². The average Bonchev–Trinajstić information content (AvgIpc) is 2.38. The lowest BCUT2D eigenvalue weighted by Gasteiger charge is -2.40. The molecule has 1 rings (SSSR count). The maximum Gasteiger partial charge on any atom is 0.0303 e. The molecule has 2 nitrogen and oxygen atoms in total. The van der Waals surface area contributed by atoms with Crippen molar-refractivity contribution < 1.29 is 0 Å². The van der Waals surface area contributed by atoms with Gasteiger partial charge in [-0.25, -0.2) is 0 Å². The van der Waals surface area contributed by atoms with Crippen molar-refractivity contribution in [3.63, 3.8) is 0 Å². The van der Waals surface area contributed by atoms with Crippen molar-refractivity contribution in [1.82, 2.24) is 10.2 Å². The molecule has 1 unspecified atom stereocenters. The zero-order chi connectivity index (χ0) is 14.5. The van der Waals surface area contributed by atoms with Crippen LogP contribution < -0.4 is 5.32 Å². The molecule has 0 saturated heterocycles. The molecular weight excluding hydrogens is 232 g/mol. The second-order valence-electron chi connectivity index (χ2n) is 6.03. The largest absolute Gasteiger partial charge is 0.312 e. The Morgan fingerprint density at radius 2 is 1.58 bits per heavy atom. The predicted molar refractivity (Wildman–Crippen MR) is 84.8 cm³/mol. The number of aryl methyl sites for hydroxylation is 1. The molecule has 2 heteroatoms. The highest BCUT2D eigenvalue weighted by Crippen LogP contribution is 2.20. The molecule has 1 atom stereocenters. The maximum atomic E-state index is 3.64. The van der Waals surface area contributed by atoms with Crippen LogP contribution in [0.5, 0.6) is 0 Å². The van der Waals surface area contributed by atoms with E-state index in [2.05, 4.69) is 76.3 Å². The van der Waals surface area contributed by atoms with Crippen molar-refractivity contribution in [3.05, 3.63) is 35.4 Å². The Morgan fingerprint density at radius 1 is 1.05 bits per heavy atom. The van der Waals surface area contributed by atoms with Crippen molar-refractivity contribution in [3.8, 4) is 0 Å². The van der Waals surface area contributed by atoms with E-state index in [4.69, 9.17) is 0 Å². The molecular formula is C17H30N2. The van der Waals surface area contributed by atoms with Crippen molar-refractivity contribution >= 4 is 0 Å². The summed E-state index contributed by atoms with van der Waals surface area (Å²) in [5.74, 6) is 0. The average molecular weight is 262 g/mol. The highest BCUT2D eigenvalue weighted by atomic mass is 15.2. The first-order chi connectivity index (χ1) is 8.91. The van der Waals surface area contributed by atoms with Gasteiger partial charge in [0.2, 0.25) is 0 Å². The number of nitrogens with zero attached hydrogens (tertiary/aromatic N) is 1. The summed E-state index contributed by atoms with van der Waals surface area (Å²) in [5, 5.41) is 3.64. The van der Waals surface area contributed by atoms with Gasteiger partial charge in [0.25, 0.3) is 0 Å². The van der Waals surface area contributed by atoms with E-state index in [1.165, 1.54) is 11.1 Å². The molecule has 0 radical (unpaired) electrons. The van der Waals surface area contributed by atoms with Gasteiger partial charge >= 0.3 is 0 Å². The van der Waals surface area contributed by atoms with E-state index in [9.17, 15) is 0 Å². The third-order valence-corrected chi connectivity index (χ3v) is 4.33. The SMILES string of the molecule is CCNC(Cc1ccc(CC)cc1)C(C)(C)N(C)C. The fourth-order valence-corrected chi connectivity index (χ4v) is 2.28. The summed E-state index contributed by atoms with van der Waals surface area (Å²) in [5.41, 5.74) is 2.97. The van der Waals surface area contributed by atoms with E-state index in [0.29, 0.717) is 6.04 Å². The van der Waals surface area contributed by atoms with E-state index >= 15 is 0 Å². The number of benzene rings is 1. The van der Waals surface area contributed by atoms with E-state index in [-0.39, 0.29) is 5.54 Å². The Morgan fingerprint density at radius 3 is 2.00 bits per heavy atom. The van der Waals surface area contributed by atoms with Crippen LogP contribution >= 0.6 is 0 Å². The van der Waals surface area contributed by atoms with E-state index in [1.54, 1.807) is 0 Å². The Bertz CT molecular complexity index is 365. The van der Waals surface area contributed by atoms with Gasteiger partial charge in [0, 0.05) is 11.6 Å². The molecule has 0 saturated carbocycles. The Hall–Kier alpha value is -0.860. The van der Waals surface area contributed by atoms with Gasteiger partial charge in [0.1, 0.15) is 0 Å². The molecule has 0 heterocycles. The van der Waals surface area contributed by atoms with Crippen LogP contribution in [0.2, 0.25) is 0 Å². The molecule has 0 aliphatic carbocycles. The first-order valence-electron chi connectivity index (χ1n) is 7.40. The first-order valence-corrected chi connectivity index (χ1v) is 7.40. The van der Waals surface area contributed by atoms with Gasteiger partial charge in [-0.1, -0.05) is 38.1 Å². The number of hydrogen-bond donors (Lipinski definition) is 1. The van der Waals surface area contributed by atoms with Crippen LogP contribution in [0, 0.1) is 0 Å². The molecule has 0 aliphatic heterocycles. The van der Waals surface area contributed by atoms with Gasteiger partial charge in [-0.3, -0.25) is 0 Å². The molecule has 0 bridgehead atoms. The number of likely N-dealkylation sites (N-methyl/N-ethyl adjacent to an activating group) is 2. The number of nitrogens with one attached hydrogen (secondary N) is 1. The molecule has 19 heavy (non-hydrogen) atoms. The summed E-state index contributed by atoms with van der Waals surface area (Å²) in [6.45, 7) is 10.0.